The van der Waals surface area contributed by atoms with E-state index in [1.54, 1.807) is 0 Å². The average Bonchev–Trinajstić information content (AvgIpc) is 3.06. The molecule has 1 fully saturated rings. The van der Waals surface area contributed by atoms with E-state index in [4.69, 9.17) is 0 Å². The summed E-state index contributed by atoms with van der Waals surface area (Å²) in [6.07, 6.45) is 2.09. The van der Waals surface area contributed by atoms with Crippen LogP contribution in [0.3, 0.4) is 0 Å². The second-order valence-corrected chi connectivity index (χ2v) is 5.57. The third kappa shape index (κ3) is 2.68. The Kier molecular flexibility index (Phi) is 3.23. The van der Waals surface area contributed by atoms with Crippen LogP contribution in [0.2, 0.25) is 0 Å². The molecule has 2 rings (SSSR count). The van der Waals surface area contributed by atoms with Crippen LogP contribution in [-0.2, 0) is 11.3 Å². The summed E-state index contributed by atoms with van der Waals surface area (Å²) in [5.41, 5.74) is 1.14. The van der Waals surface area contributed by atoms with Crippen molar-refractivity contribution >= 4 is 5.91 Å². The quantitative estimate of drug-likeness (QED) is 0.779. The maximum Gasteiger partial charge on any atom is 0.229 e. The lowest BCUT2D eigenvalue weighted by Gasteiger charge is -2.29. The molecular weight excluding hydrogens is 210 g/mol. The average molecular weight is 231 g/mol. The highest BCUT2D eigenvalue weighted by atomic mass is 16.2. The van der Waals surface area contributed by atoms with Gasteiger partial charge in [-0.1, -0.05) is 37.3 Å². The highest BCUT2D eigenvalue weighted by Gasteiger charge is 2.47. The Morgan fingerprint density at radius 3 is 2.35 bits per heavy atom. The second kappa shape index (κ2) is 4.52. The first-order chi connectivity index (χ1) is 8.03. The molecule has 0 unspecified atom stereocenters. The molecule has 0 radical (unpaired) electrons. The van der Waals surface area contributed by atoms with E-state index in [2.05, 4.69) is 32.9 Å². The minimum atomic E-state index is -0.0704. The summed E-state index contributed by atoms with van der Waals surface area (Å²) in [6.45, 7) is 6.99. The van der Waals surface area contributed by atoms with Gasteiger partial charge in [-0.25, -0.2) is 0 Å². The maximum atomic E-state index is 12.4. The van der Waals surface area contributed by atoms with Gasteiger partial charge in [-0.15, -0.1) is 0 Å². The molecule has 0 N–H and O–H groups in total. The van der Waals surface area contributed by atoms with Crippen LogP contribution in [0.5, 0.6) is 0 Å². The first-order valence-electron chi connectivity index (χ1n) is 6.38. The van der Waals surface area contributed by atoms with E-state index >= 15 is 0 Å². The number of benzene rings is 1. The lowest BCUT2D eigenvalue weighted by atomic mass is 10.1. The molecule has 1 saturated carbocycles. The van der Waals surface area contributed by atoms with Crippen molar-refractivity contribution < 1.29 is 4.79 Å². The van der Waals surface area contributed by atoms with Gasteiger partial charge in [-0.3, -0.25) is 4.79 Å². The Balaban J connectivity index is 2.11. The van der Waals surface area contributed by atoms with Gasteiger partial charge in [-0.2, -0.15) is 0 Å². The number of carbonyl (C=O) groups is 1. The molecule has 0 spiro atoms. The van der Waals surface area contributed by atoms with Crippen molar-refractivity contribution in [2.24, 2.45) is 5.41 Å². The van der Waals surface area contributed by atoms with Gasteiger partial charge in [0.25, 0.3) is 0 Å². The van der Waals surface area contributed by atoms with Crippen LogP contribution in [-0.4, -0.2) is 16.8 Å². The van der Waals surface area contributed by atoms with Crippen LogP contribution in [0.1, 0.15) is 39.2 Å². The smallest absolute Gasteiger partial charge is 0.229 e. The molecule has 0 heterocycles. The minimum absolute atomic E-state index is 0.0704. The lowest BCUT2D eigenvalue weighted by molar-refractivity contribution is -0.138. The summed E-state index contributed by atoms with van der Waals surface area (Å²) in [6, 6.07) is 10.5. The molecule has 1 aliphatic rings. The van der Waals surface area contributed by atoms with Crippen LogP contribution >= 0.6 is 0 Å². The Bertz CT molecular complexity index is 393. The minimum Gasteiger partial charge on any atom is -0.335 e. The zero-order chi connectivity index (χ0) is 12.5. The van der Waals surface area contributed by atoms with Crippen molar-refractivity contribution in [3.63, 3.8) is 0 Å². The summed E-state index contributed by atoms with van der Waals surface area (Å²) in [7, 11) is 0. The number of rotatable bonds is 4. The molecule has 0 aromatic heterocycles. The molecule has 0 atom stereocenters. The van der Waals surface area contributed by atoms with Crippen LogP contribution in [0.15, 0.2) is 30.3 Å². The van der Waals surface area contributed by atoms with Crippen LogP contribution < -0.4 is 0 Å². The Morgan fingerprint density at radius 2 is 1.88 bits per heavy atom. The summed E-state index contributed by atoms with van der Waals surface area (Å²) in [5, 5.41) is 0. The summed E-state index contributed by atoms with van der Waals surface area (Å²) >= 11 is 0. The van der Waals surface area contributed by atoms with Gasteiger partial charge in [0.2, 0.25) is 5.91 Å². The van der Waals surface area contributed by atoms with Crippen LogP contribution in [0.4, 0.5) is 0 Å². The van der Waals surface area contributed by atoms with Gasteiger partial charge in [0.15, 0.2) is 0 Å². The van der Waals surface area contributed by atoms with Crippen LogP contribution in [0.25, 0.3) is 0 Å². The standard InChI is InChI=1S/C15H21NO/c1-12(2)16(14(17)15(3)9-10-15)11-13-7-5-4-6-8-13/h4-8,12H,9-11H2,1-3H3. The predicted molar refractivity (Wildman–Crippen MR) is 69.5 cm³/mol. The number of hydrogen-bond donors (Lipinski definition) is 0. The summed E-state index contributed by atoms with van der Waals surface area (Å²) < 4.78 is 0. The highest BCUT2D eigenvalue weighted by molar-refractivity contribution is 5.85. The molecule has 2 nitrogen and oxygen atoms in total. The third-order valence-electron chi connectivity index (χ3n) is 3.60. The molecule has 1 amide bonds. The first-order valence-corrected chi connectivity index (χ1v) is 6.38. The van der Waals surface area contributed by atoms with E-state index in [0.29, 0.717) is 5.91 Å². The fourth-order valence-electron chi connectivity index (χ4n) is 2.02. The fraction of sp³-hybridized carbons (Fsp3) is 0.533. The van der Waals surface area contributed by atoms with Gasteiger partial charge < -0.3 is 4.90 Å². The van der Waals surface area contributed by atoms with Crippen LogP contribution in [0, 0.1) is 5.41 Å². The number of nitrogens with zero attached hydrogens (tertiary/aromatic N) is 1. The zero-order valence-electron chi connectivity index (χ0n) is 10.9. The van der Waals surface area contributed by atoms with E-state index in [0.717, 1.165) is 19.4 Å². The third-order valence-corrected chi connectivity index (χ3v) is 3.60. The molecule has 1 aromatic carbocycles. The molecule has 1 aromatic rings. The van der Waals surface area contributed by atoms with Crippen molar-refractivity contribution in [2.45, 2.75) is 46.2 Å². The van der Waals surface area contributed by atoms with Gasteiger partial charge >= 0.3 is 0 Å². The molecule has 17 heavy (non-hydrogen) atoms. The second-order valence-electron chi connectivity index (χ2n) is 5.57. The van der Waals surface area contributed by atoms with Crippen molar-refractivity contribution in [1.29, 1.82) is 0 Å². The fourth-order valence-corrected chi connectivity index (χ4v) is 2.02. The van der Waals surface area contributed by atoms with E-state index in [-0.39, 0.29) is 11.5 Å². The molecule has 0 aliphatic heterocycles. The number of hydrogen-bond acceptors (Lipinski definition) is 1. The van der Waals surface area contributed by atoms with E-state index in [9.17, 15) is 4.79 Å². The lowest BCUT2D eigenvalue weighted by Crippen LogP contribution is -2.40. The summed E-state index contributed by atoms with van der Waals surface area (Å²) in [5.74, 6) is 0.316. The maximum absolute atomic E-state index is 12.4. The summed E-state index contributed by atoms with van der Waals surface area (Å²) in [4.78, 5) is 14.4. The van der Waals surface area contributed by atoms with Gasteiger partial charge in [0.05, 0.1) is 0 Å². The molecule has 1 aliphatic carbocycles. The van der Waals surface area contributed by atoms with Crippen molar-refractivity contribution in [3.05, 3.63) is 35.9 Å². The first kappa shape index (κ1) is 12.2. The SMILES string of the molecule is CC(C)N(Cc1ccccc1)C(=O)C1(C)CC1. The zero-order valence-corrected chi connectivity index (χ0v) is 10.9. The van der Waals surface area contributed by atoms with E-state index < -0.39 is 0 Å². The normalized spacial score (nSPS) is 16.9. The predicted octanol–water partition coefficient (Wildman–Crippen LogP) is 3.22. The Labute approximate surface area is 104 Å². The highest BCUT2D eigenvalue weighted by Crippen LogP contribution is 2.47. The molecule has 2 heteroatoms. The topological polar surface area (TPSA) is 20.3 Å². The van der Waals surface area contributed by atoms with Crippen molar-refractivity contribution in [3.8, 4) is 0 Å². The van der Waals surface area contributed by atoms with Crippen molar-refractivity contribution in [1.82, 2.24) is 4.90 Å². The largest absolute Gasteiger partial charge is 0.335 e. The Hall–Kier alpha value is -1.31. The Morgan fingerprint density at radius 1 is 1.29 bits per heavy atom. The van der Waals surface area contributed by atoms with Crippen molar-refractivity contribution in [2.75, 3.05) is 0 Å². The molecule has 0 saturated heterocycles. The molecular formula is C15H21NO. The number of carbonyl (C=O) groups excluding carboxylic acids is 1. The molecule has 0 bridgehead atoms. The monoisotopic (exact) mass is 231 g/mol. The number of amides is 1. The van der Waals surface area contributed by atoms with Gasteiger partial charge in [-0.05, 0) is 32.3 Å². The van der Waals surface area contributed by atoms with E-state index in [1.165, 1.54) is 5.56 Å². The van der Waals surface area contributed by atoms with E-state index in [1.807, 2.05) is 23.1 Å². The van der Waals surface area contributed by atoms with Gasteiger partial charge in [0, 0.05) is 18.0 Å². The molecule has 92 valence electrons. The van der Waals surface area contributed by atoms with Gasteiger partial charge in [0.1, 0.15) is 0 Å².